The lowest BCUT2D eigenvalue weighted by molar-refractivity contribution is -0.163. The predicted octanol–water partition coefficient (Wildman–Crippen LogP) is 10.6. The summed E-state index contributed by atoms with van der Waals surface area (Å²) >= 11 is 0. The monoisotopic (exact) mass is 1060 g/mol. The normalized spacial score (nSPS) is 17.8. The van der Waals surface area contributed by atoms with E-state index in [1.807, 2.05) is 17.0 Å². The number of likely N-dealkylation sites (tertiary alicyclic amines) is 2. The Bertz CT molecular complexity index is 2180. The van der Waals surface area contributed by atoms with E-state index in [1.54, 1.807) is 114 Å². The van der Waals surface area contributed by atoms with Crippen molar-refractivity contribution in [2.24, 2.45) is 23.7 Å². The molecule has 0 radical (unpaired) electrons. The zero-order chi connectivity index (χ0) is 56.4. The topological polar surface area (TPSA) is 191 Å². The Hall–Kier alpha value is -5.52. The average molecular weight is 1060 g/mol. The highest BCUT2D eigenvalue weighted by atomic mass is 19.1. The third-order valence-electron chi connectivity index (χ3n) is 12.3. The number of nitrogens with one attached hydrogen (secondary N) is 1. The molecule has 2 aromatic rings. The van der Waals surface area contributed by atoms with Gasteiger partial charge in [0.2, 0.25) is 0 Å². The lowest BCUT2D eigenvalue weighted by Crippen LogP contribution is -2.43. The number of hydrogen-bond acceptors (Lipinski definition) is 12. The van der Waals surface area contributed by atoms with Crippen LogP contribution in [0, 0.1) is 35.3 Å². The summed E-state index contributed by atoms with van der Waals surface area (Å²) in [5, 5.41) is 12.4. The number of nitrogens with zero attached hydrogens (tertiary/aromatic N) is 3. The Morgan fingerprint density at radius 1 is 0.573 bits per heavy atom. The van der Waals surface area contributed by atoms with Gasteiger partial charge in [-0.3, -0.25) is 14.5 Å². The molecule has 0 unspecified atom stereocenters. The van der Waals surface area contributed by atoms with Gasteiger partial charge >= 0.3 is 36.2 Å². The van der Waals surface area contributed by atoms with E-state index in [1.165, 1.54) is 24.3 Å². The highest BCUT2D eigenvalue weighted by Gasteiger charge is 2.41. The largest absolute Gasteiger partial charge is 0.480 e. The molecule has 2 aliphatic heterocycles. The van der Waals surface area contributed by atoms with E-state index < -0.39 is 93.7 Å². The van der Waals surface area contributed by atoms with Gasteiger partial charge in [-0.25, -0.2) is 28.0 Å². The van der Waals surface area contributed by atoms with Crippen molar-refractivity contribution in [1.29, 1.82) is 0 Å². The molecule has 5 atom stereocenters. The summed E-state index contributed by atoms with van der Waals surface area (Å²) < 4.78 is 60.0. The van der Waals surface area contributed by atoms with E-state index in [2.05, 4.69) is 5.32 Å². The Labute approximate surface area is 443 Å². The Morgan fingerprint density at radius 2 is 0.947 bits per heavy atom. The Morgan fingerprint density at radius 3 is 1.31 bits per heavy atom. The number of carboxylic acid groups (broad SMARTS) is 1. The minimum Gasteiger partial charge on any atom is -0.480 e. The number of esters is 2. The van der Waals surface area contributed by atoms with E-state index in [-0.39, 0.29) is 57.3 Å². The third-order valence-corrected chi connectivity index (χ3v) is 12.3. The highest BCUT2D eigenvalue weighted by molar-refractivity contribution is 5.80. The smallest absolute Gasteiger partial charge is 0.410 e. The van der Waals surface area contributed by atoms with Crippen LogP contribution in [0.3, 0.4) is 0 Å². The second-order valence-corrected chi connectivity index (χ2v) is 25.3. The lowest BCUT2D eigenvalue weighted by atomic mass is 9.85. The number of carbonyl (C=O) groups excluding carboxylic acids is 5. The molecule has 0 bridgehead atoms. The molecule has 3 amide bonds. The summed E-state index contributed by atoms with van der Waals surface area (Å²) in [6.45, 7) is 28.3. The van der Waals surface area contributed by atoms with Gasteiger partial charge in [0.25, 0.3) is 0 Å². The van der Waals surface area contributed by atoms with Crippen molar-refractivity contribution in [3.8, 4) is 0 Å². The second-order valence-electron chi connectivity index (χ2n) is 25.3. The number of carbonyl (C=O) groups is 6. The van der Waals surface area contributed by atoms with Crippen molar-refractivity contribution >= 4 is 36.2 Å². The summed E-state index contributed by atoms with van der Waals surface area (Å²) in [4.78, 5) is 83.9. The van der Waals surface area contributed by atoms with Crippen LogP contribution in [0.1, 0.15) is 158 Å². The van der Waals surface area contributed by atoms with Crippen molar-refractivity contribution in [3.63, 3.8) is 0 Å². The van der Waals surface area contributed by atoms with Gasteiger partial charge in [0.1, 0.15) is 45.7 Å². The van der Waals surface area contributed by atoms with Gasteiger partial charge < -0.3 is 43.9 Å². The fourth-order valence-electron chi connectivity index (χ4n) is 9.34. The van der Waals surface area contributed by atoms with Gasteiger partial charge in [-0.2, -0.15) is 0 Å². The van der Waals surface area contributed by atoms with Crippen molar-refractivity contribution in [2.45, 2.75) is 196 Å². The minimum absolute atomic E-state index is 0.0772. The van der Waals surface area contributed by atoms with Gasteiger partial charge in [0.15, 0.2) is 0 Å². The lowest BCUT2D eigenvalue weighted by Gasteiger charge is -2.29. The van der Waals surface area contributed by atoms with Crippen LogP contribution < -0.4 is 5.32 Å². The summed E-state index contributed by atoms with van der Waals surface area (Å²) in [5.74, 6) is -5.28. The zero-order valence-electron chi connectivity index (χ0n) is 47.3. The van der Waals surface area contributed by atoms with Gasteiger partial charge in [-0.15, -0.1) is 0 Å². The van der Waals surface area contributed by atoms with Crippen molar-refractivity contribution in [2.75, 3.05) is 32.7 Å². The number of ether oxygens (including phenoxy) is 5. The number of benzene rings is 2. The molecule has 2 aliphatic rings. The van der Waals surface area contributed by atoms with E-state index in [0.717, 1.165) is 0 Å². The number of hydrogen-bond donors (Lipinski definition) is 2. The van der Waals surface area contributed by atoms with Crippen molar-refractivity contribution in [1.82, 2.24) is 20.0 Å². The van der Waals surface area contributed by atoms with E-state index in [4.69, 9.17) is 23.7 Å². The molecular formula is C57H86F2N4O12. The SMILES string of the molecule is CC(C)(C)OC(=O)N[C@@H](CCCCN(Cc1cc(F)cc(C[C@H](C(=O)OC(C)(C)C)[C@H]2CCN(C(=O)OC(C)(C)C)C2)c1)Cc1cc(F)cc(C[C@H](C(=O)OC(C)(C)C)[C@H]2CCN(C(=O)OC(C)(C)C)C2)c1)C(=O)O. The first kappa shape index (κ1) is 62.0. The number of amides is 3. The molecule has 2 N–H and O–H groups in total. The molecule has 0 spiro atoms. The molecule has 2 saturated heterocycles. The molecule has 0 aromatic heterocycles. The maximum atomic E-state index is 15.9. The number of aliphatic carboxylic acids is 1. The van der Waals surface area contributed by atoms with Crippen LogP contribution in [0.2, 0.25) is 0 Å². The standard InChI is InChI=1S/C57H86F2N4O12/c1-53(2,3)71-48(66)44(40-19-22-62(34-40)51(69)74-56(10,11)12)30-36-24-38(28-42(58)26-36)32-61(21-17-16-18-46(47(64)65)60-50(68)73-55(7,8)9)33-39-25-37(27-43(59)29-39)31-45(49(67)72-54(4,5)6)41-20-23-63(35-41)52(70)75-57(13,14)15/h24-29,40-41,44-46H,16-23,30-35H2,1-15H3,(H,60,68)(H,64,65)/t40-,41-,44-,45-,46-/m0/s1. The highest BCUT2D eigenvalue weighted by Crippen LogP contribution is 2.34. The summed E-state index contributed by atoms with van der Waals surface area (Å²) in [5.41, 5.74) is -1.70. The van der Waals surface area contributed by atoms with Crippen molar-refractivity contribution in [3.05, 3.63) is 70.3 Å². The van der Waals surface area contributed by atoms with Crippen LogP contribution in [0.5, 0.6) is 0 Å². The molecule has 0 aliphatic carbocycles. The molecule has 420 valence electrons. The number of rotatable bonds is 19. The van der Waals surface area contributed by atoms with Gasteiger partial charge in [-0.1, -0.05) is 12.1 Å². The average Bonchev–Trinajstić information content (AvgIpc) is 3.91. The fraction of sp³-hybridized carbons (Fsp3) is 0.684. The Kier molecular flexibility index (Phi) is 21.1. The molecule has 4 rings (SSSR count). The van der Waals surface area contributed by atoms with Gasteiger partial charge in [0.05, 0.1) is 11.8 Å². The molecular weight excluding hydrogens is 971 g/mol. The molecule has 18 heteroatoms. The molecule has 0 saturated carbocycles. The van der Waals surface area contributed by atoms with Crippen LogP contribution >= 0.6 is 0 Å². The first-order valence-electron chi connectivity index (χ1n) is 26.3. The van der Waals surface area contributed by atoms with E-state index in [0.29, 0.717) is 67.6 Å². The molecule has 75 heavy (non-hydrogen) atoms. The van der Waals surface area contributed by atoms with Crippen LogP contribution in [0.4, 0.5) is 23.2 Å². The first-order valence-corrected chi connectivity index (χ1v) is 26.3. The molecule has 2 fully saturated rings. The van der Waals surface area contributed by atoms with Crippen LogP contribution in [0.25, 0.3) is 0 Å². The number of unbranched alkanes of at least 4 members (excludes halogenated alkanes) is 1. The number of carboxylic acids is 1. The zero-order valence-corrected chi connectivity index (χ0v) is 47.3. The number of halogens is 2. The van der Waals surface area contributed by atoms with Crippen LogP contribution in [0.15, 0.2) is 36.4 Å². The van der Waals surface area contributed by atoms with Gasteiger partial charge in [0, 0.05) is 39.3 Å². The molecule has 2 heterocycles. The Balaban J connectivity index is 1.66. The second kappa shape index (κ2) is 25.5. The summed E-state index contributed by atoms with van der Waals surface area (Å²) in [6.07, 6.45) is 0.301. The van der Waals surface area contributed by atoms with Crippen LogP contribution in [-0.2, 0) is 64.0 Å². The van der Waals surface area contributed by atoms with E-state index in [9.17, 15) is 33.9 Å². The maximum absolute atomic E-state index is 15.9. The minimum atomic E-state index is -1.23. The molecule has 2 aromatic carbocycles. The summed E-state index contributed by atoms with van der Waals surface area (Å²) in [6, 6.07) is 7.98. The quantitative estimate of drug-likeness (QED) is 0.0768. The third kappa shape index (κ3) is 22.3. The predicted molar refractivity (Wildman–Crippen MR) is 279 cm³/mol. The van der Waals surface area contributed by atoms with Crippen molar-refractivity contribution < 1.29 is 66.3 Å². The van der Waals surface area contributed by atoms with Gasteiger partial charge in [-0.05, 0) is 214 Å². The van der Waals surface area contributed by atoms with Crippen LogP contribution in [-0.4, -0.2) is 123 Å². The molecule has 16 nitrogen and oxygen atoms in total. The fourth-order valence-corrected chi connectivity index (χ4v) is 9.34. The summed E-state index contributed by atoms with van der Waals surface area (Å²) in [7, 11) is 0. The van der Waals surface area contributed by atoms with E-state index >= 15 is 8.78 Å². The maximum Gasteiger partial charge on any atom is 0.410 e. The first-order chi connectivity index (χ1) is 34.4. The number of alkyl carbamates (subject to hydrolysis) is 1.